The fraction of sp³-hybridized carbons (Fsp3) is 0.481. The van der Waals surface area contributed by atoms with Crippen molar-refractivity contribution in [3.8, 4) is 17.2 Å². The molecular formula is C27H36N4O5. The number of ether oxygens (including phenoxy) is 3. The van der Waals surface area contributed by atoms with Gasteiger partial charge in [-0.15, -0.1) is 0 Å². The van der Waals surface area contributed by atoms with Crippen LogP contribution in [0.25, 0.3) is 0 Å². The van der Waals surface area contributed by atoms with Gasteiger partial charge in [-0.3, -0.25) is 14.5 Å². The van der Waals surface area contributed by atoms with Crippen molar-refractivity contribution in [3.05, 3.63) is 42.5 Å². The fourth-order valence-electron chi connectivity index (χ4n) is 4.88. The fourth-order valence-corrected chi connectivity index (χ4v) is 4.88. The van der Waals surface area contributed by atoms with Crippen LogP contribution in [0, 0.1) is 5.92 Å². The van der Waals surface area contributed by atoms with E-state index in [4.69, 9.17) is 14.2 Å². The van der Waals surface area contributed by atoms with Gasteiger partial charge in [0.15, 0.2) is 11.5 Å². The van der Waals surface area contributed by atoms with Crippen molar-refractivity contribution in [1.82, 2.24) is 10.2 Å². The van der Waals surface area contributed by atoms with E-state index in [1.807, 2.05) is 6.07 Å². The lowest BCUT2D eigenvalue weighted by molar-refractivity contribution is -0.126. The van der Waals surface area contributed by atoms with Crippen molar-refractivity contribution < 1.29 is 23.8 Å². The Bertz CT molecular complexity index is 1010. The van der Waals surface area contributed by atoms with Crippen LogP contribution in [0.15, 0.2) is 42.5 Å². The summed E-state index contributed by atoms with van der Waals surface area (Å²) in [6.07, 6.45) is 1.07. The lowest BCUT2D eigenvalue weighted by Gasteiger charge is -2.36. The molecule has 0 saturated carbocycles. The molecule has 2 aliphatic heterocycles. The Hall–Kier alpha value is -3.46. The van der Waals surface area contributed by atoms with E-state index in [1.165, 1.54) is 27.0 Å². The van der Waals surface area contributed by atoms with Crippen LogP contribution in [0.5, 0.6) is 17.2 Å². The molecule has 2 aromatic carbocycles. The Morgan fingerprint density at radius 2 is 1.61 bits per heavy atom. The van der Waals surface area contributed by atoms with Gasteiger partial charge in [0.1, 0.15) is 0 Å². The predicted molar refractivity (Wildman–Crippen MR) is 139 cm³/mol. The summed E-state index contributed by atoms with van der Waals surface area (Å²) in [4.78, 5) is 32.0. The molecule has 1 atom stereocenters. The molecule has 1 N–H and O–H groups in total. The standard InChI is InChI=1S/C27H36N4O5/c1-34-23-17-22(18-24(35-2)26(23)36-3)31-19-20(16-25(31)32)27(33)28-10-7-11-29-12-14-30(15-13-29)21-8-5-4-6-9-21/h4-6,8-9,17-18,20H,7,10-16,19H2,1-3H3,(H,28,33). The summed E-state index contributed by atoms with van der Waals surface area (Å²) in [7, 11) is 4.60. The van der Waals surface area contributed by atoms with Gasteiger partial charge < -0.3 is 29.3 Å². The molecule has 2 saturated heterocycles. The zero-order valence-corrected chi connectivity index (χ0v) is 21.4. The van der Waals surface area contributed by atoms with Crippen LogP contribution in [0.1, 0.15) is 12.8 Å². The van der Waals surface area contributed by atoms with Gasteiger partial charge in [-0.05, 0) is 25.1 Å². The first-order chi connectivity index (χ1) is 17.5. The van der Waals surface area contributed by atoms with Crippen molar-refractivity contribution in [2.45, 2.75) is 12.8 Å². The molecule has 9 nitrogen and oxygen atoms in total. The summed E-state index contributed by atoms with van der Waals surface area (Å²) in [5.74, 6) is 0.847. The molecule has 0 radical (unpaired) electrons. The van der Waals surface area contributed by atoms with Crippen LogP contribution in [-0.2, 0) is 9.59 Å². The summed E-state index contributed by atoms with van der Waals surface area (Å²) >= 11 is 0. The number of methoxy groups -OCH3 is 3. The number of carbonyl (C=O) groups is 2. The minimum atomic E-state index is -0.383. The van der Waals surface area contributed by atoms with Crippen molar-refractivity contribution in [2.75, 3.05) is 76.9 Å². The smallest absolute Gasteiger partial charge is 0.227 e. The average Bonchev–Trinajstić information content (AvgIpc) is 3.32. The number of anilines is 2. The number of benzene rings is 2. The second-order valence-electron chi connectivity index (χ2n) is 9.10. The Kier molecular flexibility index (Phi) is 8.53. The first-order valence-electron chi connectivity index (χ1n) is 12.4. The van der Waals surface area contributed by atoms with E-state index >= 15 is 0 Å². The zero-order valence-electron chi connectivity index (χ0n) is 21.4. The van der Waals surface area contributed by atoms with Crippen LogP contribution in [0.2, 0.25) is 0 Å². The Morgan fingerprint density at radius 3 is 2.22 bits per heavy atom. The molecule has 0 aliphatic carbocycles. The molecule has 2 fully saturated rings. The molecule has 36 heavy (non-hydrogen) atoms. The highest BCUT2D eigenvalue weighted by atomic mass is 16.5. The molecule has 4 rings (SSSR count). The van der Waals surface area contributed by atoms with Gasteiger partial charge in [-0.1, -0.05) is 18.2 Å². The van der Waals surface area contributed by atoms with Crippen LogP contribution in [0.4, 0.5) is 11.4 Å². The van der Waals surface area contributed by atoms with E-state index < -0.39 is 0 Å². The number of piperazine rings is 1. The van der Waals surface area contributed by atoms with Crippen LogP contribution in [0.3, 0.4) is 0 Å². The van der Waals surface area contributed by atoms with Crippen molar-refractivity contribution in [3.63, 3.8) is 0 Å². The summed E-state index contributed by atoms with van der Waals surface area (Å²) in [6.45, 7) is 5.93. The maximum Gasteiger partial charge on any atom is 0.227 e. The maximum atomic E-state index is 12.8. The summed E-state index contributed by atoms with van der Waals surface area (Å²) in [6, 6.07) is 14.0. The molecule has 9 heteroatoms. The largest absolute Gasteiger partial charge is 0.493 e. The lowest BCUT2D eigenvalue weighted by Crippen LogP contribution is -2.47. The second-order valence-corrected chi connectivity index (χ2v) is 9.10. The van der Waals surface area contributed by atoms with Crippen LogP contribution in [-0.4, -0.2) is 83.9 Å². The number of nitrogens with zero attached hydrogens (tertiary/aromatic N) is 3. The summed E-state index contributed by atoms with van der Waals surface area (Å²) in [5, 5.41) is 3.03. The SMILES string of the molecule is COc1cc(N2CC(C(=O)NCCCN3CCN(c4ccccc4)CC3)CC2=O)cc(OC)c1OC. The molecule has 0 bridgehead atoms. The molecule has 1 unspecified atom stereocenters. The van der Waals surface area contributed by atoms with E-state index in [0.29, 0.717) is 36.0 Å². The number of para-hydroxylation sites is 1. The Balaban J connectivity index is 1.22. The van der Waals surface area contributed by atoms with Gasteiger partial charge in [0, 0.05) is 63.5 Å². The minimum Gasteiger partial charge on any atom is -0.493 e. The van der Waals surface area contributed by atoms with Crippen LogP contribution < -0.4 is 29.3 Å². The van der Waals surface area contributed by atoms with Crippen molar-refractivity contribution in [1.29, 1.82) is 0 Å². The third kappa shape index (κ3) is 5.84. The number of hydrogen-bond acceptors (Lipinski definition) is 7. The minimum absolute atomic E-state index is 0.0767. The number of hydrogen-bond donors (Lipinski definition) is 1. The first kappa shape index (κ1) is 25.6. The number of amides is 2. The highest BCUT2D eigenvalue weighted by Crippen LogP contribution is 2.42. The number of rotatable bonds is 10. The molecular weight excluding hydrogens is 460 g/mol. The molecule has 194 valence electrons. The van der Waals surface area contributed by atoms with Gasteiger partial charge in [0.25, 0.3) is 0 Å². The Labute approximate surface area is 212 Å². The predicted octanol–water partition coefficient (Wildman–Crippen LogP) is 2.39. The number of carbonyl (C=O) groups excluding carboxylic acids is 2. The van der Waals surface area contributed by atoms with Gasteiger partial charge in [0.05, 0.1) is 32.9 Å². The topological polar surface area (TPSA) is 83.6 Å². The third-order valence-electron chi connectivity index (χ3n) is 6.90. The maximum absolute atomic E-state index is 12.8. The molecule has 2 aromatic rings. The van der Waals surface area contributed by atoms with Gasteiger partial charge in [-0.2, -0.15) is 0 Å². The van der Waals surface area contributed by atoms with Gasteiger partial charge in [-0.25, -0.2) is 0 Å². The summed E-state index contributed by atoms with van der Waals surface area (Å²) in [5.41, 5.74) is 1.90. The van der Waals surface area contributed by atoms with Crippen LogP contribution >= 0.6 is 0 Å². The van der Waals surface area contributed by atoms with E-state index in [0.717, 1.165) is 39.1 Å². The zero-order chi connectivity index (χ0) is 25.5. The normalized spacial score (nSPS) is 18.3. The molecule has 2 aliphatic rings. The van der Waals surface area contributed by atoms with E-state index in [9.17, 15) is 9.59 Å². The highest BCUT2D eigenvalue weighted by Gasteiger charge is 2.36. The van der Waals surface area contributed by atoms with Gasteiger partial charge >= 0.3 is 0 Å². The molecule has 0 spiro atoms. The molecule has 0 aromatic heterocycles. The van der Waals surface area contributed by atoms with E-state index in [1.54, 1.807) is 17.0 Å². The second kappa shape index (κ2) is 12.0. The summed E-state index contributed by atoms with van der Waals surface area (Å²) < 4.78 is 16.2. The van der Waals surface area contributed by atoms with Crippen molar-refractivity contribution in [2.24, 2.45) is 5.92 Å². The van der Waals surface area contributed by atoms with Gasteiger partial charge in [0.2, 0.25) is 17.6 Å². The molecule has 2 heterocycles. The third-order valence-corrected chi connectivity index (χ3v) is 6.90. The average molecular weight is 497 g/mol. The van der Waals surface area contributed by atoms with E-state index in [-0.39, 0.29) is 24.2 Å². The highest BCUT2D eigenvalue weighted by molar-refractivity contribution is 6.00. The first-order valence-corrected chi connectivity index (χ1v) is 12.4. The van der Waals surface area contributed by atoms with E-state index in [2.05, 4.69) is 39.4 Å². The lowest BCUT2D eigenvalue weighted by atomic mass is 10.1. The Morgan fingerprint density at radius 1 is 0.944 bits per heavy atom. The van der Waals surface area contributed by atoms with Crippen molar-refractivity contribution >= 4 is 23.2 Å². The monoisotopic (exact) mass is 496 g/mol. The number of nitrogens with one attached hydrogen (secondary N) is 1. The quantitative estimate of drug-likeness (QED) is 0.506. The molecule has 2 amide bonds.